The smallest absolute Gasteiger partial charge is 0.256 e. The fraction of sp³-hybridized carbons (Fsp3) is 0.321. The predicted octanol–water partition coefficient (Wildman–Crippen LogP) is 3.96. The van der Waals surface area contributed by atoms with E-state index in [9.17, 15) is 9.59 Å². The maximum absolute atomic E-state index is 13.6. The molecule has 9 heteroatoms. The standard InChI is InChI=1S/C28H29N7O2/c1-17-25-22(16-23(18-5-6-18)32-27(25)35(33-17)24-4-2-3-13-30-24)28(37)31-20-7-9-21(10-8-20)34-14-11-19(12-15-34)26(29)36/h2-4,7-10,13,16,18-19H,5-6,11-12,14-15H2,1H3,(H2,29,36)(H,31,37). The first-order valence-corrected chi connectivity index (χ1v) is 12.8. The summed E-state index contributed by atoms with van der Waals surface area (Å²) in [5, 5.41) is 8.49. The molecule has 4 heterocycles. The predicted molar refractivity (Wildman–Crippen MR) is 142 cm³/mol. The van der Waals surface area contributed by atoms with Gasteiger partial charge in [0.05, 0.1) is 16.6 Å². The van der Waals surface area contributed by atoms with Crippen LogP contribution in [0.25, 0.3) is 16.9 Å². The summed E-state index contributed by atoms with van der Waals surface area (Å²) in [6, 6.07) is 15.4. The lowest BCUT2D eigenvalue weighted by atomic mass is 9.96. The van der Waals surface area contributed by atoms with Gasteiger partial charge in [0, 0.05) is 48.2 Å². The van der Waals surface area contributed by atoms with Crippen LogP contribution in [0.4, 0.5) is 11.4 Å². The number of amides is 2. The SMILES string of the molecule is Cc1nn(-c2ccccn2)c2nc(C3CC3)cc(C(=O)Nc3ccc(N4CCC(C(N)=O)CC4)cc3)c12. The zero-order valence-electron chi connectivity index (χ0n) is 20.7. The molecule has 1 aliphatic heterocycles. The molecule has 0 unspecified atom stereocenters. The molecule has 2 aliphatic rings. The van der Waals surface area contributed by atoms with Crippen molar-refractivity contribution in [1.29, 1.82) is 0 Å². The number of nitrogens with two attached hydrogens (primary N) is 1. The summed E-state index contributed by atoms with van der Waals surface area (Å²) in [5.74, 6) is 0.601. The maximum atomic E-state index is 13.6. The number of nitrogens with one attached hydrogen (secondary N) is 1. The van der Waals surface area contributed by atoms with Crippen LogP contribution in [0.1, 0.15) is 53.3 Å². The minimum Gasteiger partial charge on any atom is -0.371 e. The third kappa shape index (κ3) is 4.52. The Labute approximate surface area is 214 Å². The number of carbonyl (C=O) groups excluding carboxylic acids is 2. The highest BCUT2D eigenvalue weighted by Gasteiger charge is 2.29. The Balaban J connectivity index is 1.27. The first-order chi connectivity index (χ1) is 18.0. The lowest BCUT2D eigenvalue weighted by molar-refractivity contribution is -0.122. The highest BCUT2D eigenvalue weighted by atomic mass is 16.2. The zero-order chi connectivity index (χ0) is 25.5. The summed E-state index contributed by atoms with van der Waals surface area (Å²) >= 11 is 0. The van der Waals surface area contributed by atoms with Gasteiger partial charge in [-0.2, -0.15) is 9.78 Å². The van der Waals surface area contributed by atoms with E-state index in [0.717, 1.165) is 61.2 Å². The highest BCUT2D eigenvalue weighted by molar-refractivity contribution is 6.13. The second-order valence-electron chi connectivity index (χ2n) is 9.92. The molecular formula is C28H29N7O2. The molecule has 0 spiro atoms. The van der Waals surface area contributed by atoms with Crippen molar-refractivity contribution in [2.75, 3.05) is 23.3 Å². The lowest BCUT2D eigenvalue weighted by Gasteiger charge is -2.32. The quantitative estimate of drug-likeness (QED) is 0.418. The Bertz CT molecular complexity index is 1470. The van der Waals surface area contributed by atoms with Crippen molar-refractivity contribution < 1.29 is 9.59 Å². The Hall–Kier alpha value is -4.27. The number of pyridine rings is 2. The van der Waals surface area contributed by atoms with Crippen molar-refractivity contribution in [3.8, 4) is 5.82 Å². The molecule has 2 fully saturated rings. The average molecular weight is 496 g/mol. The van der Waals surface area contributed by atoms with Crippen LogP contribution < -0.4 is 16.0 Å². The Morgan fingerprint density at radius 3 is 2.43 bits per heavy atom. The van der Waals surface area contributed by atoms with Crippen LogP contribution in [0.3, 0.4) is 0 Å². The van der Waals surface area contributed by atoms with Gasteiger partial charge >= 0.3 is 0 Å². The van der Waals surface area contributed by atoms with Crippen molar-refractivity contribution in [2.45, 2.75) is 38.5 Å². The molecule has 0 atom stereocenters. The van der Waals surface area contributed by atoms with Gasteiger partial charge in [0.15, 0.2) is 11.5 Å². The molecule has 1 saturated heterocycles. The number of fused-ring (bicyclic) bond motifs is 1. The van der Waals surface area contributed by atoms with Crippen LogP contribution in [0.2, 0.25) is 0 Å². The summed E-state index contributed by atoms with van der Waals surface area (Å²) in [7, 11) is 0. The first-order valence-electron chi connectivity index (χ1n) is 12.8. The summed E-state index contributed by atoms with van der Waals surface area (Å²) in [5.41, 5.74) is 10.1. The number of primary amides is 1. The number of aryl methyl sites for hydroxylation is 1. The molecule has 0 bridgehead atoms. The number of hydrogen-bond donors (Lipinski definition) is 2. The number of carbonyl (C=O) groups is 2. The van der Waals surface area contributed by atoms with Crippen molar-refractivity contribution in [2.24, 2.45) is 11.7 Å². The Kier molecular flexibility index (Phi) is 5.82. The number of aromatic nitrogens is 4. The normalized spacial score (nSPS) is 16.2. The van der Waals surface area contributed by atoms with Crippen LogP contribution in [-0.4, -0.2) is 44.7 Å². The minimum atomic E-state index is -0.214. The van der Waals surface area contributed by atoms with E-state index in [2.05, 4.69) is 20.3 Å². The molecule has 1 aromatic carbocycles. The number of rotatable bonds is 6. The molecule has 1 saturated carbocycles. The van der Waals surface area contributed by atoms with Crippen molar-refractivity contribution in [3.05, 3.63) is 71.7 Å². The topological polar surface area (TPSA) is 119 Å². The monoisotopic (exact) mass is 495 g/mol. The van der Waals surface area contributed by atoms with E-state index >= 15 is 0 Å². The summed E-state index contributed by atoms with van der Waals surface area (Å²) in [6.07, 6.45) is 5.41. The summed E-state index contributed by atoms with van der Waals surface area (Å²) in [4.78, 5) is 36.6. The van der Waals surface area contributed by atoms with E-state index in [0.29, 0.717) is 28.6 Å². The van der Waals surface area contributed by atoms with Gasteiger partial charge in [0.2, 0.25) is 5.91 Å². The van der Waals surface area contributed by atoms with Gasteiger partial charge in [0.1, 0.15) is 0 Å². The Morgan fingerprint density at radius 1 is 1.03 bits per heavy atom. The fourth-order valence-corrected chi connectivity index (χ4v) is 5.09. The van der Waals surface area contributed by atoms with Gasteiger partial charge in [0.25, 0.3) is 5.91 Å². The molecular weight excluding hydrogens is 466 g/mol. The molecule has 6 rings (SSSR count). The summed E-state index contributed by atoms with van der Waals surface area (Å²) < 4.78 is 1.73. The van der Waals surface area contributed by atoms with E-state index in [1.54, 1.807) is 10.9 Å². The van der Waals surface area contributed by atoms with Crippen LogP contribution in [0.15, 0.2) is 54.7 Å². The molecule has 188 valence electrons. The molecule has 2 amide bonds. The molecule has 0 radical (unpaired) electrons. The van der Waals surface area contributed by atoms with Crippen molar-refractivity contribution in [3.63, 3.8) is 0 Å². The average Bonchev–Trinajstić information content (AvgIpc) is 3.72. The van der Waals surface area contributed by atoms with Crippen LogP contribution in [-0.2, 0) is 4.79 Å². The minimum absolute atomic E-state index is 0.0435. The number of anilines is 2. The van der Waals surface area contributed by atoms with E-state index in [1.165, 1.54) is 0 Å². The second-order valence-corrected chi connectivity index (χ2v) is 9.92. The van der Waals surface area contributed by atoms with Crippen LogP contribution in [0, 0.1) is 12.8 Å². The third-order valence-electron chi connectivity index (χ3n) is 7.33. The molecule has 37 heavy (non-hydrogen) atoms. The highest BCUT2D eigenvalue weighted by Crippen LogP contribution is 2.41. The van der Waals surface area contributed by atoms with Crippen LogP contribution in [0.5, 0.6) is 0 Å². The number of hydrogen-bond acceptors (Lipinski definition) is 6. The van der Waals surface area contributed by atoms with E-state index in [4.69, 9.17) is 10.7 Å². The van der Waals surface area contributed by atoms with Gasteiger partial charge < -0.3 is 16.0 Å². The maximum Gasteiger partial charge on any atom is 0.256 e. The molecule has 4 aromatic rings. The fourth-order valence-electron chi connectivity index (χ4n) is 5.09. The van der Waals surface area contributed by atoms with E-state index in [-0.39, 0.29) is 17.7 Å². The summed E-state index contributed by atoms with van der Waals surface area (Å²) in [6.45, 7) is 3.48. The third-order valence-corrected chi connectivity index (χ3v) is 7.33. The van der Waals surface area contributed by atoms with Gasteiger partial charge in [-0.1, -0.05) is 6.07 Å². The van der Waals surface area contributed by atoms with Crippen molar-refractivity contribution >= 4 is 34.2 Å². The van der Waals surface area contributed by atoms with Gasteiger partial charge in [-0.15, -0.1) is 0 Å². The molecule has 3 N–H and O–H groups in total. The zero-order valence-corrected chi connectivity index (χ0v) is 20.7. The number of nitrogens with zero attached hydrogens (tertiary/aromatic N) is 5. The molecule has 3 aromatic heterocycles. The first kappa shape index (κ1) is 23.1. The number of piperidine rings is 1. The molecule has 1 aliphatic carbocycles. The number of benzene rings is 1. The van der Waals surface area contributed by atoms with E-state index in [1.807, 2.05) is 55.5 Å². The Morgan fingerprint density at radius 2 is 1.78 bits per heavy atom. The van der Waals surface area contributed by atoms with E-state index < -0.39 is 0 Å². The lowest BCUT2D eigenvalue weighted by Crippen LogP contribution is -2.38. The largest absolute Gasteiger partial charge is 0.371 e. The van der Waals surface area contributed by atoms with Crippen molar-refractivity contribution in [1.82, 2.24) is 19.7 Å². The second kappa shape index (κ2) is 9.31. The molecule has 9 nitrogen and oxygen atoms in total. The van der Waals surface area contributed by atoms with Gasteiger partial charge in [-0.05, 0) is 75.1 Å². The van der Waals surface area contributed by atoms with Gasteiger partial charge in [-0.3, -0.25) is 9.59 Å². The van der Waals surface area contributed by atoms with Crippen LogP contribution >= 0.6 is 0 Å². The van der Waals surface area contributed by atoms with Gasteiger partial charge in [-0.25, -0.2) is 9.97 Å².